The lowest BCUT2D eigenvalue weighted by Gasteiger charge is -2.34. The number of nitrogens with one attached hydrogen (secondary N) is 1. The van der Waals surface area contributed by atoms with Gasteiger partial charge in [0.15, 0.2) is 0 Å². The molecule has 1 aromatic heterocycles. The minimum atomic E-state index is 0. The van der Waals surface area contributed by atoms with E-state index in [0.717, 1.165) is 42.3 Å². The number of H-pyrrole nitrogens is 1. The van der Waals surface area contributed by atoms with Crippen LogP contribution in [0.1, 0.15) is 22.6 Å². The van der Waals surface area contributed by atoms with Gasteiger partial charge in [0.25, 0.3) is 0 Å². The summed E-state index contributed by atoms with van der Waals surface area (Å²) in [6, 6.07) is 17.1. The number of nitrogens with zero attached hydrogens (tertiary/aromatic N) is 4. The topological polar surface area (TPSA) is 76.0 Å². The largest absolute Gasteiger partial charge is 0.346 e. The fourth-order valence-corrected chi connectivity index (χ4v) is 3.81. The molecule has 0 bridgehead atoms. The molecule has 160 valence electrons. The van der Waals surface area contributed by atoms with Crippen molar-refractivity contribution in [2.75, 3.05) is 31.1 Å². The molecule has 0 aliphatic carbocycles. The Morgan fingerprint density at radius 2 is 1.97 bits per heavy atom. The Hall–Kier alpha value is -2.85. The predicted molar refractivity (Wildman–Crippen MR) is 124 cm³/mol. The van der Waals surface area contributed by atoms with Crippen LogP contribution in [0, 0.1) is 11.3 Å². The number of nitriles is 1. The van der Waals surface area contributed by atoms with Gasteiger partial charge in [-0.05, 0) is 35.9 Å². The molecule has 0 unspecified atom stereocenters. The van der Waals surface area contributed by atoms with E-state index in [1.54, 1.807) is 4.90 Å². The Kier molecular flexibility index (Phi) is 7.69. The smallest absolute Gasteiger partial charge is 0.241 e. The monoisotopic (exact) mass is 455 g/mol. The number of amides is 1. The Morgan fingerprint density at radius 3 is 2.68 bits per heavy atom. The zero-order valence-corrected chi connectivity index (χ0v) is 18.5. The number of carbonyl (C=O) groups excluding carboxylic acids is 1. The first-order valence-corrected chi connectivity index (χ1v) is 10.3. The van der Waals surface area contributed by atoms with E-state index >= 15 is 0 Å². The Morgan fingerprint density at radius 1 is 1.16 bits per heavy atom. The van der Waals surface area contributed by atoms with Crippen LogP contribution < -0.4 is 4.90 Å². The van der Waals surface area contributed by atoms with Crippen LogP contribution in [0.4, 0.5) is 5.69 Å². The van der Waals surface area contributed by atoms with Crippen molar-refractivity contribution in [3.05, 3.63) is 82.4 Å². The molecule has 1 fully saturated rings. The number of rotatable bonds is 6. The second-order valence-corrected chi connectivity index (χ2v) is 7.83. The lowest BCUT2D eigenvalue weighted by atomic mass is 10.1. The molecule has 1 N–H and O–H groups in total. The molecule has 1 aliphatic heterocycles. The predicted octanol–water partition coefficient (Wildman–Crippen LogP) is 3.84. The molecule has 2 heterocycles. The second-order valence-electron chi connectivity index (χ2n) is 7.39. The molecule has 0 spiro atoms. The molecule has 4 rings (SSSR count). The van der Waals surface area contributed by atoms with E-state index in [2.05, 4.69) is 20.9 Å². The summed E-state index contributed by atoms with van der Waals surface area (Å²) in [6.07, 6.45) is 3.37. The summed E-state index contributed by atoms with van der Waals surface area (Å²) in [7, 11) is 0. The minimum Gasteiger partial charge on any atom is -0.346 e. The Balaban J connectivity index is 0.00000272. The molecule has 3 aromatic rings. The van der Waals surface area contributed by atoms with Crippen LogP contribution in [0.25, 0.3) is 0 Å². The third-order valence-corrected chi connectivity index (χ3v) is 5.49. The van der Waals surface area contributed by atoms with Gasteiger partial charge < -0.3 is 9.88 Å². The van der Waals surface area contributed by atoms with Gasteiger partial charge in [-0.3, -0.25) is 9.69 Å². The van der Waals surface area contributed by atoms with E-state index in [0.29, 0.717) is 30.1 Å². The van der Waals surface area contributed by atoms with E-state index in [1.807, 2.05) is 54.7 Å². The maximum atomic E-state index is 12.6. The van der Waals surface area contributed by atoms with Gasteiger partial charge in [0.1, 0.15) is 5.82 Å². The molecule has 1 aliphatic rings. The summed E-state index contributed by atoms with van der Waals surface area (Å²) < 4.78 is 0. The summed E-state index contributed by atoms with van der Waals surface area (Å²) in [5.74, 6) is 0.992. The first-order chi connectivity index (χ1) is 14.6. The van der Waals surface area contributed by atoms with Gasteiger partial charge in [0.05, 0.1) is 18.2 Å². The van der Waals surface area contributed by atoms with Crippen molar-refractivity contribution in [2.24, 2.45) is 0 Å². The van der Waals surface area contributed by atoms with Crippen LogP contribution in [-0.2, 0) is 17.6 Å². The number of hydrogen-bond donors (Lipinski definition) is 1. The minimum absolute atomic E-state index is 0. The van der Waals surface area contributed by atoms with Gasteiger partial charge in [0, 0.05) is 55.1 Å². The summed E-state index contributed by atoms with van der Waals surface area (Å²) in [6.45, 7) is 2.68. The number of carbonyl (C=O) groups is 1. The molecule has 0 radical (unpaired) electrons. The van der Waals surface area contributed by atoms with Crippen molar-refractivity contribution in [1.82, 2.24) is 14.9 Å². The van der Waals surface area contributed by atoms with Crippen LogP contribution in [0.3, 0.4) is 0 Å². The first-order valence-electron chi connectivity index (χ1n) is 9.91. The maximum absolute atomic E-state index is 12.6. The molecular formula is C23H23Cl2N5O. The van der Waals surface area contributed by atoms with E-state index in [-0.39, 0.29) is 18.3 Å². The molecule has 1 saturated heterocycles. The van der Waals surface area contributed by atoms with Gasteiger partial charge in [-0.2, -0.15) is 5.26 Å². The van der Waals surface area contributed by atoms with E-state index in [4.69, 9.17) is 16.9 Å². The fraction of sp³-hybridized carbons (Fsp3) is 0.261. The normalized spacial score (nSPS) is 14.2. The van der Waals surface area contributed by atoms with E-state index in [9.17, 15) is 4.79 Å². The highest BCUT2D eigenvalue weighted by atomic mass is 35.5. The first kappa shape index (κ1) is 22.8. The van der Waals surface area contributed by atoms with Crippen LogP contribution in [0.15, 0.2) is 54.7 Å². The second kappa shape index (κ2) is 10.5. The molecule has 31 heavy (non-hydrogen) atoms. The zero-order chi connectivity index (χ0) is 20.9. The number of piperazine rings is 1. The van der Waals surface area contributed by atoms with Gasteiger partial charge in [-0.25, -0.2) is 4.98 Å². The van der Waals surface area contributed by atoms with Gasteiger partial charge in [-0.1, -0.05) is 29.8 Å². The number of imidazole rings is 1. The van der Waals surface area contributed by atoms with Crippen molar-refractivity contribution in [3.63, 3.8) is 0 Å². The SMILES string of the molecule is Cl.N#Cc1ccc(Cc2ncc(CCN3CCN(c4cccc(Cl)c4)C(=O)C3)[nH]2)cc1. The average Bonchev–Trinajstić information content (AvgIpc) is 3.20. The summed E-state index contributed by atoms with van der Waals surface area (Å²) >= 11 is 6.05. The van der Waals surface area contributed by atoms with Crippen LogP contribution >= 0.6 is 24.0 Å². The molecule has 2 aromatic carbocycles. The number of aromatic amines is 1. The maximum Gasteiger partial charge on any atom is 0.241 e. The van der Waals surface area contributed by atoms with Gasteiger partial charge in [-0.15, -0.1) is 12.4 Å². The summed E-state index contributed by atoms with van der Waals surface area (Å²) in [5, 5.41) is 9.52. The Bertz CT molecular complexity index is 1070. The fourth-order valence-electron chi connectivity index (χ4n) is 3.62. The number of hydrogen-bond acceptors (Lipinski definition) is 4. The molecule has 8 heteroatoms. The van der Waals surface area contributed by atoms with E-state index < -0.39 is 0 Å². The number of anilines is 1. The zero-order valence-electron chi connectivity index (χ0n) is 16.9. The lowest BCUT2D eigenvalue weighted by molar-refractivity contribution is -0.121. The molecular weight excluding hydrogens is 433 g/mol. The summed E-state index contributed by atoms with van der Waals surface area (Å²) in [5.41, 5.74) is 3.68. The number of aromatic nitrogens is 2. The van der Waals surface area contributed by atoms with Crippen molar-refractivity contribution in [1.29, 1.82) is 5.26 Å². The number of benzene rings is 2. The van der Waals surface area contributed by atoms with Crippen molar-refractivity contribution < 1.29 is 4.79 Å². The highest BCUT2D eigenvalue weighted by Gasteiger charge is 2.25. The highest BCUT2D eigenvalue weighted by molar-refractivity contribution is 6.30. The number of halogens is 2. The van der Waals surface area contributed by atoms with Gasteiger partial charge >= 0.3 is 0 Å². The summed E-state index contributed by atoms with van der Waals surface area (Å²) in [4.78, 5) is 24.4. The third-order valence-electron chi connectivity index (χ3n) is 5.25. The van der Waals surface area contributed by atoms with Crippen LogP contribution in [0.2, 0.25) is 5.02 Å². The van der Waals surface area contributed by atoms with Crippen molar-refractivity contribution in [3.8, 4) is 6.07 Å². The quantitative estimate of drug-likeness (QED) is 0.612. The average molecular weight is 456 g/mol. The highest BCUT2D eigenvalue weighted by Crippen LogP contribution is 2.21. The van der Waals surface area contributed by atoms with Crippen LogP contribution in [-0.4, -0.2) is 47.0 Å². The van der Waals surface area contributed by atoms with Crippen molar-refractivity contribution in [2.45, 2.75) is 12.8 Å². The van der Waals surface area contributed by atoms with Crippen LogP contribution in [0.5, 0.6) is 0 Å². The van der Waals surface area contributed by atoms with Crippen molar-refractivity contribution >= 4 is 35.6 Å². The lowest BCUT2D eigenvalue weighted by Crippen LogP contribution is -2.50. The molecule has 0 atom stereocenters. The molecule has 6 nitrogen and oxygen atoms in total. The molecule has 0 saturated carbocycles. The molecule has 1 amide bonds. The van der Waals surface area contributed by atoms with Gasteiger partial charge in [0.2, 0.25) is 5.91 Å². The Labute approximate surface area is 192 Å². The third kappa shape index (κ3) is 5.86. The standard InChI is InChI=1S/C23H22ClN5O.ClH/c24-19-2-1-3-21(13-19)29-11-10-28(16-23(29)30)9-8-20-15-26-22(27-20)12-17-4-6-18(14-25)7-5-17;/h1-7,13,15H,8-12,16H2,(H,26,27);1H. The van der Waals surface area contributed by atoms with E-state index in [1.165, 1.54) is 0 Å².